The van der Waals surface area contributed by atoms with E-state index in [1.54, 1.807) is 49.7 Å². The van der Waals surface area contributed by atoms with Crippen LogP contribution in [0.15, 0.2) is 70.1 Å². The monoisotopic (exact) mass is 473 g/mol. The van der Waals surface area contributed by atoms with Gasteiger partial charge in [0.2, 0.25) is 0 Å². The van der Waals surface area contributed by atoms with E-state index in [1.165, 1.54) is 0 Å². The number of hydrogen-bond donors (Lipinski definition) is 1. The molecule has 0 saturated heterocycles. The Bertz CT molecular complexity index is 1050. The molecular formula is C22H17BrClNO4. The van der Waals surface area contributed by atoms with Crippen LogP contribution in [0.1, 0.15) is 21.5 Å². The Balaban J connectivity index is 1.70. The molecule has 148 valence electrons. The van der Waals surface area contributed by atoms with Gasteiger partial charge in [-0.15, -0.1) is 0 Å². The van der Waals surface area contributed by atoms with Crippen molar-refractivity contribution in [2.24, 2.45) is 4.99 Å². The number of carbonyl (C=O) groups is 1. The summed E-state index contributed by atoms with van der Waals surface area (Å²) >= 11 is 9.44. The summed E-state index contributed by atoms with van der Waals surface area (Å²) in [4.78, 5) is 15.3. The molecule has 29 heavy (non-hydrogen) atoms. The summed E-state index contributed by atoms with van der Waals surface area (Å²) in [7, 11) is 1.57. The fourth-order valence-electron chi connectivity index (χ4n) is 2.50. The molecule has 7 heteroatoms. The number of nitrogens with zero attached hydrogens (tertiary/aromatic N) is 1. The molecule has 0 aliphatic carbocycles. The molecule has 0 fully saturated rings. The molecule has 0 amide bonds. The quantitative estimate of drug-likeness (QED) is 0.418. The summed E-state index contributed by atoms with van der Waals surface area (Å²) in [5.41, 5.74) is 2.68. The van der Waals surface area contributed by atoms with Gasteiger partial charge in [0.15, 0.2) is 11.5 Å². The molecule has 0 aliphatic rings. The highest BCUT2D eigenvalue weighted by Gasteiger charge is 2.07. The molecule has 0 bridgehead atoms. The van der Waals surface area contributed by atoms with E-state index in [-0.39, 0.29) is 5.56 Å². The van der Waals surface area contributed by atoms with E-state index in [1.807, 2.05) is 24.3 Å². The predicted octanol–water partition coefficient (Wildman–Crippen LogP) is 6.14. The Morgan fingerprint density at radius 1 is 1.10 bits per heavy atom. The lowest BCUT2D eigenvalue weighted by atomic mass is 10.1. The molecule has 0 aromatic heterocycles. The van der Waals surface area contributed by atoms with Crippen molar-refractivity contribution in [1.29, 1.82) is 0 Å². The summed E-state index contributed by atoms with van der Waals surface area (Å²) < 4.78 is 12.1. The standard InChI is InChI=1S/C22H17BrClNO4/c1-28-21-10-15(12-25-17-7-8-18(23)19(24)11-17)4-9-20(21)29-13-14-2-5-16(6-3-14)22(26)27/h2-12H,13H2,1H3,(H,26,27). The minimum absolute atomic E-state index is 0.238. The van der Waals surface area contributed by atoms with Crippen molar-refractivity contribution in [3.8, 4) is 11.5 Å². The third kappa shape index (κ3) is 5.59. The second kappa shape index (κ2) is 9.58. The molecule has 0 spiro atoms. The number of benzene rings is 3. The van der Waals surface area contributed by atoms with Gasteiger partial charge in [0, 0.05) is 10.7 Å². The molecule has 0 radical (unpaired) electrons. The van der Waals surface area contributed by atoms with E-state index >= 15 is 0 Å². The topological polar surface area (TPSA) is 68.1 Å². The van der Waals surface area contributed by atoms with E-state index in [0.717, 1.165) is 21.3 Å². The van der Waals surface area contributed by atoms with Crippen molar-refractivity contribution in [1.82, 2.24) is 0 Å². The average molecular weight is 475 g/mol. The van der Waals surface area contributed by atoms with Gasteiger partial charge in [0.05, 0.1) is 23.4 Å². The molecule has 0 aliphatic heterocycles. The molecular weight excluding hydrogens is 458 g/mol. The fraction of sp³-hybridized carbons (Fsp3) is 0.0909. The van der Waals surface area contributed by atoms with Gasteiger partial charge in [-0.3, -0.25) is 4.99 Å². The van der Waals surface area contributed by atoms with Gasteiger partial charge in [-0.25, -0.2) is 4.79 Å². The van der Waals surface area contributed by atoms with Crippen LogP contribution in [0.25, 0.3) is 0 Å². The van der Waals surface area contributed by atoms with E-state index in [2.05, 4.69) is 20.9 Å². The maximum absolute atomic E-state index is 10.9. The van der Waals surface area contributed by atoms with Crippen molar-refractivity contribution in [3.63, 3.8) is 0 Å². The summed E-state index contributed by atoms with van der Waals surface area (Å²) in [6, 6.07) is 17.5. The van der Waals surface area contributed by atoms with E-state index in [9.17, 15) is 4.79 Å². The van der Waals surface area contributed by atoms with Crippen molar-refractivity contribution in [2.75, 3.05) is 7.11 Å². The number of methoxy groups -OCH3 is 1. The SMILES string of the molecule is COc1cc(C=Nc2ccc(Br)c(Cl)c2)ccc1OCc1ccc(C(=O)O)cc1. The van der Waals surface area contributed by atoms with Crippen LogP contribution >= 0.6 is 27.5 Å². The van der Waals surface area contributed by atoms with E-state index in [0.29, 0.717) is 23.1 Å². The van der Waals surface area contributed by atoms with Crippen LogP contribution in [0.2, 0.25) is 5.02 Å². The Kier molecular flexibility index (Phi) is 6.90. The number of carboxylic acid groups (broad SMARTS) is 1. The van der Waals surface area contributed by atoms with Crippen LogP contribution in [0.3, 0.4) is 0 Å². The zero-order valence-electron chi connectivity index (χ0n) is 15.4. The zero-order chi connectivity index (χ0) is 20.8. The maximum Gasteiger partial charge on any atom is 0.335 e. The molecule has 0 saturated carbocycles. The molecule has 1 N–H and O–H groups in total. The van der Waals surface area contributed by atoms with E-state index in [4.69, 9.17) is 26.2 Å². The number of carboxylic acids is 1. The Morgan fingerprint density at radius 2 is 1.86 bits per heavy atom. The van der Waals surface area contributed by atoms with Gasteiger partial charge < -0.3 is 14.6 Å². The number of halogens is 2. The number of aromatic carboxylic acids is 1. The third-order valence-corrected chi connectivity index (χ3v) is 5.28. The minimum atomic E-state index is -0.957. The lowest BCUT2D eigenvalue weighted by Crippen LogP contribution is -2.00. The maximum atomic E-state index is 10.9. The van der Waals surface area contributed by atoms with Gasteiger partial charge in [0.25, 0.3) is 0 Å². The zero-order valence-corrected chi connectivity index (χ0v) is 17.8. The lowest BCUT2D eigenvalue weighted by Gasteiger charge is -2.11. The van der Waals surface area contributed by atoms with Crippen LogP contribution in [0.4, 0.5) is 5.69 Å². The van der Waals surface area contributed by atoms with Crippen LogP contribution in [0, 0.1) is 0 Å². The predicted molar refractivity (Wildman–Crippen MR) is 117 cm³/mol. The van der Waals surface area contributed by atoms with Crippen LogP contribution < -0.4 is 9.47 Å². The number of aliphatic imine (C=N–C) groups is 1. The Morgan fingerprint density at radius 3 is 2.52 bits per heavy atom. The summed E-state index contributed by atoms with van der Waals surface area (Å²) in [5, 5.41) is 9.55. The first-order chi connectivity index (χ1) is 14.0. The first-order valence-corrected chi connectivity index (χ1v) is 9.75. The molecule has 3 aromatic carbocycles. The third-order valence-electron chi connectivity index (χ3n) is 4.05. The molecule has 5 nitrogen and oxygen atoms in total. The smallest absolute Gasteiger partial charge is 0.335 e. The van der Waals surface area contributed by atoms with Gasteiger partial charge >= 0.3 is 5.97 Å². The number of rotatable bonds is 7. The average Bonchev–Trinajstić information content (AvgIpc) is 2.73. The highest BCUT2D eigenvalue weighted by Crippen LogP contribution is 2.30. The van der Waals surface area contributed by atoms with Crippen LogP contribution in [-0.2, 0) is 6.61 Å². The van der Waals surface area contributed by atoms with Gasteiger partial charge in [-0.1, -0.05) is 23.7 Å². The first-order valence-electron chi connectivity index (χ1n) is 8.58. The Labute approximate surface area is 181 Å². The summed E-state index contributed by atoms with van der Waals surface area (Å²) in [6.07, 6.45) is 1.72. The second-order valence-corrected chi connectivity index (χ2v) is 7.32. The Hall–Kier alpha value is -2.83. The minimum Gasteiger partial charge on any atom is -0.493 e. The van der Waals surface area contributed by atoms with Crippen molar-refractivity contribution in [3.05, 3.63) is 86.8 Å². The number of ether oxygens (including phenoxy) is 2. The molecule has 0 unspecified atom stereocenters. The van der Waals surface area contributed by atoms with Crippen LogP contribution in [0.5, 0.6) is 11.5 Å². The van der Waals surface area contributed by atoms with Crippen molar-refractivity contribution in [2.45, 2.75) is 6.61 Å². The highest BCUT2D eigenvalue weighted by atomic mass is 79.9. The van der Waals surface area contributed by atoms with Crippen molar-refractivity contribution >= 4 is 45.4 Å². The fourth-order valence-corrected chi connectivity index (χ4v) is 2.92. The molecule has 3 aromatic rings. The van der Waals surface area contributed by atoms with Crippen molar-refractivity contribution < 1.29 is 19.4 Å². The molecule has 0 atom stereocenters. The van der Waals surface area contributed by atoms with Gasteiger partial charge in [-0.2, -0.15) is 0 Å². The highest BCUT2D eigenvalue weighted by molar-refractivity contribution is 9.10. The number of hydrogen-bond acceptors (Lipinski definition) is 4. The van der Waals surface area contributed by atoms with E-state index < -0.39 is 5.97 Å². The lowest BCUT2D eigenvalue weighted by molar-refractivity contribution is 0.0697. The van der Waals surface area contributed by atoms with Gasteiger partial charge in [0.1, 0.15) is 6.61 Å². The van der Waals surface area contributed by atoms with Gasteiger partial charge in [-0.05, 0) is 75.6 Å². The van der Waals surface area contributed by atoms with Crippen LogP contribution in [-0.4, -0.2) is 24.4 Å². The normalized spacial score (nSPS) is 10.9. The molecule has 0 heterocycles. The summed E-state index contributed by atoms with van der Waals surface area (Å²) in [5.74, 6) is 0.199. The largest absolute Gasteiger partial charge is 0.493 e. The first kappa shape index (κ1) is 20.9. The summed E-state index contributed by atoms with van der Waals surface area (Å²) in [6.45, 7) is 0.293. The second-order valence-electron chi connectivity index (χ2n) is 6.06. The molecule has 3 rings (SSSR count).